The highest BCUT2D eigenvalue weighted by molar-refractivity contribution is 6.06. The van der Waals surface area contributed by atoms with Gasteiger partial charge in [-0.3, -0.25) is 14.6 Å². The lowest BCUT2D eigenvalue weighted by Crippen LogP contribution is -2.71. The van der Waals surface area contributed by atoms with E-state index in [9.17, 15) is 14.7 Å². The Balaban J connectivity index is 1.50. The van der Waals surface area contributed by atoms with Crippen LogP contribution in [0, 0.1) is 5.92 Å². The van der Waals surface area contributed by atoms with Crippen molar-refractivity contribution in [2.45, 2.75) is 43.7 Å². The highest BCUT2D eigenvalue weighted by atomic mass is 16.3. The average molecular weight is 391 g/mol. The highest BCUT2D eigenvalue weighted by Crippen LogP contribution is 2.49. The second kappa shape index (κ2) is 7.26. The molecule has 0 unspecified atom stereocenters. The minimum atomic E-state index is -0.207. The Labute approximate surface area is 170 Å². The van der Waals surface area contributed by atoms with Gasteiger partial charge in [-0.1, -0.05) is 37.1 Å². The summed E-state index contributed by atoms with van der Waals surface area (Å²) >= 11 is 0. The third-order valence-electron chi connectivity index (χ3n) is 6.78. The topological polar surface area (TPSA) is 73.7 Å². The fraction of sp³-hybridized carbons (Fsp3) is 0.435. The minimum absolute atomic E-state index is 0.0534. The quantitative estimate of drug-likeness (QED) is 0.873. The monoisotopic (exact) mass is 391 g/mol. The van der Waals surface area contributed by atoms with Gasteiger partial charge in [0.05, 0.1) is 18.7 Å². The van der Waals surface area contributed by atoms with Crippen LogP contribution in [0.1, 0.15) is 47.7 Å². The molecule has 2 aliphatic heterocycles. The van der Waals surface area contributed by atoms with Crippen LogP contribution in [0.2, 0.25) is 0 Å². The Morgan fingerprint density at radius 1 is 1.07 bits per heavy atom. The smallest absolute Gasteiger partial charge is 0.276 e. The number of hydrogen-bond acceptors (Lipinski definition) is 4. The van der Waals surface area contributed by atoms with Gasteiger partial charge in [0.1, 0.15) is 5.69 Å². The van der Waals surface area contributed by atoms with E-state index in [4.69, 9.17) is 0 Å². The Morgan fingerprint density at radius 3 is 2.55 bits per heavy atom. The molecule has 2 aromatic rings. The number of para-hydroxylation sites is 1. The normalized spacial score (nSPS) is 25.9. The molecule has 3 atom stereocenters. The number of pyridine rings is 1. The molecule has 1 N–H and O–H groups in total. The van der Waals surface area contributed by atoms with Crippen molar-refractivity contribution in [3.8, 4) is 0 Å². The number of carbonyl (C=O) groups is 2. The summed E-state index contributed by atoms with van der Waals surface area (Å²) < 4.78 is 0. The second-order valence-electron chi connectivity index (χ2n) is 8.26. The number of hydrogen-bond donors (Lipinski definition) is 1. The van der Waals surface area contributed by atoms with E-state index >= 15 is 0 Å². The van der Waals surface area contributed by atoms with Gasteiger partial charge in [0, 0.05) is 30.3 Å². The lowest BCUT2D eigenvalue weighted by atomic mass is 9.71. The van der Waals surface area contributed by atoms with E-state index in [-0.39, 0.29) is 42.3 Å². The van der Waals surface area contributed by atoms with Crippen LogP contribution < -0.4 is 4.90 Å². The standard InChI is InChI=1S/C23H25N3O3/c27-14-20-21-16-9-3-4-11-18(16)25(23(29)17-10-5-6-12-24-17)13-19(21)26(20)22(28)15-7-1-2-8-15/h3-6,9-12,15,19-21,27H,1-2,7-8,13-14H2/t19-,20+,21+/m1/s1. The Hall–Kier alpha value is -2.73. The first-order valence-electron chi connectivity index (χ1n) is 10.5. The third kappa shape index (κ3) is 2.85. The van der Waals surface area contributed by atoms with Crippen LogP contribution in [0.15, 0.2) is 48.7 Å². The summed E-state index contributed by atoms with van der Waals surface area (Å²) in [5.41, 5.74) is 2.28. The number of carbonyl (C=O) groups excluding carboxylic acids is 2. The number of nitrogens with zero attached hydrogens (tertiary/aromatic N) is 3. The molecule has 1 aliphatic carbocycles. The van der Waals surface area contributed by atoms with Crippen LogP contribution in [0.4, 0.5) is 5.69 Å². The summed E-state index contributed by atoms with van der Waals surface area (Å²) in [5, 5.41) is 10.1. The molecular formula is C23H25N3O3. The van der Waals surface area contributed by atoms with Crippen molar-refractivity contribution >= 4 is 17.5 Å². The number of fused-ring (bicyclic) bond motifs is 3. The molecule has 1 saturated heterocycles. The first-order chi connectivity index (χ1) is 14.2. The van der Waals surface area contributed by atoms with Crippen LogP contribution in [0.25, 0.3) is 0 Å². The predicted octanol–water partition coefficient (Wildman–Crippen LogP) is 2.59. The van der Waals surface area contributed by atoms with Gasteiger partial charge in [0.2, 0.25) is 5.91 Å². The summed E-state index contributed by atoms with van der Waals surface area (Å²) in [6.45, 7) is 0.383. The zero-order valence-corrected chi connectivity index (χ0v) is 16.3. The van der Waals surface area contributed by atoms with Gasteiger partial charge < -0.3 is 14.9 Å². The minimum Gasteiger partial charge on any atom is -0.394 e. The van der Waals surface area contributed by atoms with E-state index in [0.29, 0.717) is 12.2 Å². The summed E-state index contributed by atoms with van der Waals surface area (Å²) in [6, 6.07) is 12.9. The van der Waals surface area contributed by atoms with E-state index in [1.807, 2.05) is 29.2 Å². The molecule has 1 saturated carbocycles. The molecule has 0 bridgehead atoms. The fourth-order valence-electron chi connectivity index (χ4n) is 5.40. The number of aliphatic hydroxyl groups excluding tert-OH is 1. The van der Waals surface area contributed by atoms with Crippen molar-refractivity contribution in [3.63, 3.8) is 0 Å². The van der Waals surface area contributed by atoms with Gasteiger partial charge in [0.25, 0.3) is 5.91 Å². The molecule has 1 aromatic heterocycles. The van der Waals surface area contributed by atoms with E-state index in [1.54, 1.807) is 29.3 Å². The number of aliphatic hydroxyl groups is 1. The number of rotatable bonds is 3. The van der Waals surface area contributed by atoms with Crippen LogP contribution in [-0.2, 0) is 4.79 Å². The molecule has 0 spiro atoms. The number of amides is 2. The molecule has 29 heavy (non-hydrogen) atoms. The average Bonchev–Trinajstić information content (AvgIpc) is 3.29. The summed E-state index contributed by atoms with van der Waals surface area (Å²) in [6.07, 6.45) is 5.66. The first-order valence-corrected chi connectivity index (χ1v) is 10.5. The van der Waals surface area contributed by atoms with Crippen molar-refractivity contribution in [3.05, 3.63) is 59.9 Å². The molecule has 150 valence electrons. The largest absolute Gasteiger partial charge is 0.394 e. The molecule has 6 nitrogen and oxygen atoms in total. The fourth-order valence-corrected chi connectivity index (χ4v) is 5.40. The van der Waals surface area contributed by atoms with Gasteiger partial charge in [-0.25, -0.2) is 0 Å². The van der Waals surface area contributed by atoms with Gasteiger partial charge in [-0.2, -0.15) is 0 Å². The van der Waals surface area contributed by atoms with Crippen LogP contribution in [0.5, 0.6) is 0 Å². The zero-order chi connectivity index (χ0) is 20.0. The van der Waals surface area contributed by atoms with Crippen molar-refractivity contribution in [1.82, 2.24) is 9.88 Å². The van der Waals surface area contributed by atoms with Crippen LogP contribution in [-0.4, -0.2) is 52.0 Å². The number of aromatic nitrogens is 1. The maximum Gasteiger partial charge on any atom is 0.276 e. The molecule has 2 fully saturated rings. The van der Waals surface area contributed by atoms with Gasteiger partial charge in [0.15, 0.2) is 0 Å². The molecule has 1 aromatic carbocycles. The predicted molar refractivity (Wildman–Crippen MR) is 109 cm³/mol. The Bertz CT molecular complexity index is 926. The summed E-state index contributed by atoms with van der Waals surface area (Å²) in [4.78, 5) is 34.3. The number of benzene rings is 1. The van der Waals surface area contributed by atoms with Crippen molar-refractivity contribution in [2.24, 2.45) is 5.92 Å². The van der Waals surface area contributed by atoms with E-state index in [2.05, 4.69) is 4.98 Å². The molecule has 3 aliphatic rings. The molecule has 5 rings (SSSR count). The Morgan fingerprint density at radius 2 is 1.83 bits per heavy atom. The number of anilines is 1. The molecule has 6 heteroatoms. The lowest BCUT2D eigenvalue weighted by molar-refractivity contribution is -0.154. The van der Waals surface area contributed by atoms with E-state index < -0.39 is 0 Å². The summed E-state index contributed by atoms with van der Waals surface area (Å²) in [7, 11) is 0. The van der Waals surface area contributed by atoms with E-state index in [0.717, 1.165) is 36.9 Å². The second-order valence-corrected chi connectivity index (χ2v) is 8.26. The zero-order valence-electron chi connectivity index (χ0n) is 16.3. The van der Waals surface area contributed by atoms with Gasteiger partial charge in [-0.15, -0.1) is 0 Å². The Kier molecular flexibility index (Phi) is 4.59. The molecule has 2 amide bonds. The molecular weight excluding hydrogens is 366 g/mol. The lowest BCUT2D eigenvalue weighted by Gasteiger charge is -2.59. The maximum atomic E-state index is 13.2. The molecule has 3 heterocycles. The number of likely N-dealkylation sites (tertiary alicyclic amines) is 1. The first kappa shape index (κ1) is 18.3. The highest BCUT2D eigenvalue weighted by Gasteiger charge is 2.56. The van der Waals surface area contributed by atoms with Crippen molar-refractivity contribution < 1.29 is 14.7 Å². The summed E-state index contributed by atoms with van der Waals surface area (Å²) in [5.74, 6) is 0.112. The van der Waals surface area contributed by atoms with E-state index in [1.165, 1.54) is 0 Å². The van der Waals surface area contributed by atoms with Crippen LogP contribution >= 0.6 is 0 Å². The van der Waals surface area contributed by atoms with Crippen LogP contribution in [0.3, 0.4) is 0 Å². The third-order valence-corrected chi connectivity index (χ3v) is 6.78. The van der Waals surface area contributed by atoms with Crippen molar-refractivity contribution in [2.75, 3.05) is 18.1 Å². The van der Waals surface area contributed by atoms with Gasteiger partial charge in [-0.05, 0) is 36.6 Å². The molecule has 0 radical (unpaired) electrons. The maximum absolute atomic E-state index is 13.2. The van der Waals surface area contributed by atoms with Crippen molar-refractivity contribution in [1.29, 1.82) is 0 Å². The SMILES string of the molecule is O=C(c1ccccn1)N1C[C@@H]2[C@H](c3ccccc31)[C@H](CO)N2C(=O)C1CCCC1. The van der Waals surface area contributed by atoms with Gasteiger partial charge >= 0.3 is 0 Å².